The second kappa shape index (κ2) is 6.07. The van der Waals surface area contributed by atoms with Crippen LogP contribution in [0.5, 0.6) is 0 Å². The van der Waals surface area contributed by atoms with Gasteiger partial charge in [0.2, 0.25) is 0 Å². The molecule has 1 aliphatic carbocycles. The second-order valence-corrected chi connectivity index (χ2v) is 8.55. The Morgan fingerprint density at radius 3 is 2.62 bits per heavy atom. The molecule has 0 spiro atoms. The van der Waals surface area contributed by atoms with Crippen LogP contribution in [0.2, 0.25) is 0 Å². The van der Waals surface area contributed by atoms with Crippen LogP contribution < -0.4 is 5.56 Å². The summed E-state index contributed by atoms with van der Waals surface area (Å²) in [6.45, 7) is 8.08. The molecule has 2 aromatic heterocycles. The number of carbonyl (C=O) groups is 1. The van der Waals surface area contributed by atoms with Gasteiger partial charge in [0.25, 0.3) is 11.5 Å². The minimum atomic E-state index is -0.0682. The van der Waals surface area contributed by atoms with Gasteiger partial charge in [0.15, 0.2) is 0 Å². The van der Waals surface area contributed by atoms with E-state index in [1.807, 2.05) is 12.1 Å². The topological polar surface area (TPSA) is 83.9 Å². The predicted octanol–water partition coefficient (Wildman–Crippen LogP) is 1.91. The summed E-state index contributed by atoms with van der Waals surface area (Å²) >= 11 is 0. The zero-order valence-electron chi connectivity index (χ0n) is 15.5. The summed E-state index contributed by atoms with van der Waals surface area (Å²) in [6, 6.07) is 5.29. The van der Waals surface area contributed by atoms with E-state index in [0.29, 0.717) is 31.2 Å². The molecule has 0 unspecified atom stereocenters. The Balaban J connectivity index is 1.37. The Morgan fingerprint density at radius 2 is 2.00 bits per heavy atom. The van der Waals surface area contributed by atoms with E-state index in [0.717, 1.165) is 24.2 Å². The molecular formula is C19H25N5O2. The lowest BCUT2D eigenvalue weighted by Crippen LogP contribution is -2.52. The van der Waals surface area contributed by atoms with E-state index in [2.05, 4.69) is 36.1 Å². The van der Waals surface area contributed by atoms with Crippen molar-refractivity contribution in [3.8, 4) is 0 Å². The van der Waals surface area contributed by atoms with Gasteiger partial charge in [0.1, 0.15) is 5.69 Å². The number of aromatic nitrogens is 4. The summed E-state index contributed by atoms with van der Waals surface area (Å²) < 4.78 is 1.56. The molecule has 4 rings (SSSR count). The van der Waals surface area contributed by atoms with E-state index in [4.69, 9.17) is 0 Å². The van der Waals surface area contributed by atoms with Gasteiger partial charge in [-0.25, -0.2) is 4.68 Å². The molecule has 1 saturated heterocycles. The SMILES string of the molecule is CC(C)(C)c1cc(C(=O)N2CC(Cn3nc(C4CC4)ccc3=O)C2)n[nH]1. The number of aromatic amines is 1. The van der Waals surface area contributed by atoms with E-state index in [1.165, 1.54) is 0 Å². The van der Waals surface area contributed by atoms with Crippen molar-refractivity contribution in [3.05, 3.63) is 45.6 Å². The summed E-state index contributed by atoms with van der Waals surface area (Å²) in [5.74, 6) is 0.734. The van der Waals surface area contributed by atoms with Crippen molar-refractivity contribution >= 4 is 5.91 Å². The molecule has 2 aliphatic rings. The van der Waals surface area contributed by atoms with Crippen molar-refractivity contribution in [3.63, 3.8) is 0 Å². The third kappa shape index (κ3) is 3.30. The summed E-state index contributed by atoms with van der Waals surface area (Å²) in [4.78, 5) is 26.4. The lowest BCUT2D eigenvalue weighted by Gasteiger charge is -2.38. The van der Waals surface area contributed by atoms with Crippen molar-refractivity contribution in [2.75, 3.05) is 13.1 Å². The van der Waals surface area contributed by atoms with Gasteiger partial charge in [-0.05, 0) is 25.0 Å². The molecule has 7 heteroatoms. The Labute approximate surface area is 152 Å². The summed E-state index contributed by atoms with van der Waals surface area (Å²) in [5, 5.41) is 11.6. The van der Waals surface area contributed by atoms with Gasteiger partial charge in [-0.15, -0.1) is 0 Å². The molecule has 1 N–H and O–H groups in total. The largest absolute Gasteiger partial charge is 0.336 e. The maximum absolute atomic E-state index is 12.5. The molecule has 1 aliphatic heterocycles. The fraction of sp³-hybridized carbons (Fsp3) is 0.579. The van der Waals surface area contributed by atoms with Crippen LogP contribution in [0.15, 0.2) is 23.0 Å². The second-order valence-electron chi connectivity index (χ2n) is 8.55. The molecule has 26 heavy (non-hydrogen) atoms. The van der Waals surface area contributed by atoms with Crippen LogP contribution in [-0.2, 0) is 12.0 Å². The van der Waals surface area contributed by atoms with Gasteiger partial charge < -0.3 is 4.90 Å². The lowest BCUT2D eigenvalue weighted by molar-refractivity contribution is 0.0452. The Kier molecular flexibility index (Phi) is 3.97. The molecule has 0 radical (unpaired) electrons. The molecule has 2 aromatic rings. The minimum absolute atomic E-state index is 0.0555. The van der Waals surface area contributed by atoms with Gasteiger partial charge >= 0.3 is 0 Å². The van der Waals surface area contributed by atoms with Crippen molar-refractivity contribution in [2.45, 2.75) is 51.5 Å². The van der Waals surface area contributed by atoms with Gasteiger partial charge in [0.05, 0.1) is 12.2 Å². The minimum Gasteiger partial charge on any atom is -0.336 e. The average Bonchev–Trinajstić information content (AvgIpc) is 3.26. The highest BCUT2D eigenvalue weighted by molar-refractivity contribution is 5.93. The number of H-pyrrole nitrogens is 1. The quantitative estimate of drug-likeness (QED) is 0.908. The van der Waals surface area contributed by atoms with Gasteiger partial charge in [-0.3, -0.25) is 14.7 Å². The monoisotopic (exact) mass is 355 g/mol. The number of carbonyl (C=O) groups excluding carboxylic acids is 1. The number of nitrogens with zero attached hydrogens (tertiary/aromatic N) is 4. The smallest absolute Gasteiger partial charge is 0.274 e. The lowest BCUT2D eigenvalue weighted by atomic mass is 9.92. The van der Waals surface area contributed by atoms with Crippen molar-refractivity contribution in [1.29, 1.82) is 0 Å². The van der Waals surface area contributed by atoms with E-state index >= 15 is 0 Å². The first-order chi connectivity index (χ1) is 12.3. The highest BCUT2D eigenvalue weighted by atomic mass is 16.2. The standard InChI is InChI=1S/C19H25N5O2/c1-19(2,3)16-8-15(20-21-16)18(26)23-9-12(10-23)11-24-17(25)7-6-14(22-24)13-4-5-13/h6-8,12-13H,4-5,9-11H2,1-3H3,(H,20,21). The van der Waals surface area contributed by atoms with Crippen molar-refractivity contribution in [1.82, 2.24) is 24.9 Å². The maximum atomic E-state index is 12.5. The molecule has 1 amide bonds. The first-order valence-corrected chi connectivity index (χ1v) is 9.24. The number of hydrogen-bond acceptors (Lipinski definition) is 4. The summed E-state index contributed by atoms with van der Waals surface area (Å²) in [7, 11) is 0. The maximum Gasteiger partial charge on any atom is 0.274 e. The third-order valence-corrected chi connectivity index (χ3v) is 5.16. The number of rotatable bonds is 4. The van der Waals surface area contributed by atoms with Crippen molar-refractivity contribution < 1.29 is 4.79 Å². The van der Waals surface area contributed by atoms with E-state index in [1.54, 1.807) is 15.6 Å². The average molecular weight is 355 g/mol. The van der Waals surface area contributed by atoms with Gasteiger partial charge in [-0.1, -0.05) is 20.8 Å². The Morgan fingerprint density at radius 1 is 1.27 bits per heavy atom. The van der Waals surface area contributed by atoms with Crippen LogP contribution in [0.1, 0.15) is 61.4 Å². The molecule has 1 saturated carbocycles. The van der Waals surface area contributed by atoms with Crippen molar-refractivity contribution in [2.24, 2.45) is 5.92 Å². The summed E-state index contributed by atoms with van der Waals surface area (Å²) in [6.07, 6.45) is 2.33. The zero-order chi connectivity index (χ0) is 18.5. The number of nitrogens with one attached hydrogen (secondary N) is 1. The predicted molar refractivity (Wildman–Crippen MR) is 97.2 cm³/mol. The molecule has 3 heterocycles. The van der Waals surface area contributed by atoms with Crippen LogP contribution in [-0.4, -0.2) is 43.9 Å². The molecule has 7 nitrogen and oxygen atoms in total. The van der Waals surface area contributed by atoms with Crippen LogP contribution in [0.25, 0.3) is 0 Å². The number of amides is 1. The molecule has 0 aromatic carbocycles. The fourth-order valence-corrected chi connectivity index (χ4v) is 3.27. The van der Waals surface area contributed by atoms with Crippen LogP contribution >= 0.6 is 0 Å². The van der Waals surface area contributed by atoms with Crippen LogP contribution in [0.3, 0.4) is 0 Å². The number of hydrogen-bond donors (Lipinski definition) is 1. The van der Waals surface area contributed by atoms with Gasteiger partial charge in [-0.2, -0.15) is 10.2 Å². The Hall–Kier alpha value is -2.44. The first kappa shape index (κ1) is 17.0. The molecule has 2 fully saturated rings. The number of likely N-dealkylation sites (tertiary alicyclic amines) is 1. The van der Waals surface area contributed by atoms with Crippen LogP contribution in [0.4, 0.5) is 0 Å². The molecule has 0 atom stereocenters. The Bertz CT molecular complexity index is 882. The fourth-order valence-electron chi connectivity index (χ4n) is 3.27. The third-order valence-electron chi connectivity index (χ3n) is 5.16. The molecule has 0 bridgehead atoms. The van der Waals surface area contributed by atoms with E-state index in [-0.39, 0.29) is 22.8 Å². The first-order valence-electron chi connectivity index (χ1n) is 9.24. The highest BCUT2D eigenvalue weighted by Crippen LogP contribution is 2.38. The van der Waals surface area contributed by atoms with E-state index in [9.17, 15) is 9.59 Å². The normalized spacial score (nSPS) is 18.0. The molecular weight excluding hydrogens is 330 g/mol. The molecule has 138 valence electrons. The van der Waals surface area contributed by atoms with Crippen LogP contribution in [0, 0.1) is 5.92 Å². The highest BCUT2D eigenvalue weighted by Gasteiger charge is 2.34. The zero-order valence-corrected chi connectivity index (χ0v) is 15.5. The van der Waals surface area contributed by atoms with E-state index < -0.39 is 0 Å². The van der Waals surface area contributed by atoms with Gasteiger partial charge in [0, 0.05) is 42.1 Å². The summed E-state index contributed by atoms with van der Waals surface area (Å²) in [5.41, 5.74) is 2.29.